The number of nitrogens with zero attached hydrogens (tertiary/aromatic N) is 1. The third-order valence-electron chi connectivity index (χ3n) is 4.74. The van der Waals surface area contributed by atoms with E-state index in [1.807, 2.05) is 0 Å². The Hall–Kier alpha value is -0.770. The van der Waals surface area contributed by atoms with Crippen molar-refractivity contribution in [2.75, 3.05) is 26.3 Å². The second-order valence-electron chi connectivity index (χ2n) is 6.37. The monoisotopic (exact) mass is 302 g/mol. The van der Waals surface area contributed by atoms with Crippen LogP contribution in [0.4, 0.5) is 8.78 Å². The molecule has 4 nitrogen and oxygen atoms in total. The molecule has 2 unspecified atom stereocenters. The van der Waals surface area contributed by atoms with Crippen LogP contribution in [0.5, 0.6) is 0 Å². The van der Waals surface area contributed by atoms with Gasteiger partial charge >= 0.3 is 0 Å². The first-order valence-corrected chi connectivity index (χ1v) is 7.73. The van der Waals surface area contributed by atoms with Crippen LogP contribution >= 0.6 is 0 Å². The van der Waals surface area contributed by atoms with Gasteiger partial charge in [-0.1, -0.05) is 0 Å². The fourth-order valence-electron chi connectivity index (χ4n) is 3.32. The molecule has 0 radical (unpaired) electrons. The summed E-state index contributed by atoms with van der Waals surface area (Å²) in [6.45, 7) is 1.58. The Morgan fingerprint density at radius 2 is 2.05 bits per heavy atom. The van der Waals surface area contributed by atoms with Crippen molar-refractivity contribution in [1.29, 1.82) is 5.26 Å². The van der Waals surface area contributed by atoms with Crippen molar-refractivity contribution in [3.63, 3.8) is 0 Å². The largest absolute Gasteiger partial charge is 0.392 e. The molecule has 6 heteroatoms. The van der Waals surface area contributed by atoms with Gasteiger partial charge in [0.15, 0.2) is 0 Å². The van der Waals surface area contributed by atoms with Crippen LogP contribution in [0, 0.1) is 22.7 Å². The predicted molar refractivity (Wildman–Crippen MR) is 73.9 cm³/mol. The predicted octanol–water partition coefficient (Wildman–Crippen LogP) is 2.08. The van der Waals surface area contributed by atoms with Gasteiger partial charge in [0, 0.05) is 38.6 Å². The number of alkyl halides is 2. The lowest BCUT2D eigenvalue weighted by molar-refractivity contribution is -0.0371. The van der Waals surface area contributed by atoms with Gasteiger partial charge in [0.25, 0.3) is 5.92 Å². The van der Waals surface area contributed by atoms with Gasteiger partial charge in [-0.3, -0.25) is 0 Å². The topological polar surface area (TPSA) is 65.3 Å². The number of hydrogen-bond acceptors (Lipinski definition) is 4. The van der Waals surface area contributed by atoms with Crippen molar-refractivity contribution in [3.8, 4) is 6.07 Å². The Kier molecular flexibility index (Phi) is 5.53. The summed E-state index contributed by atoms with van der Waals surface area (Å²) in [6, 6.07) is 2.31. The maximum absolute atomic E-state index is 13.5. The Balaban J connectivity index is 1.72. The molecule has 0 aromatic heterocycles. The number of nitriles is 1. The van der Waals surface area contributed by atoms with Crippen molar-refractivity contribution in [3.05, 3.63) is 0 Å². The Morgan fingerprint density at radius 3 is 2.62 bits per heavy atom. The molecule has 2 rings (SSSR count). The van der Waals surface area contributed by atoms with Crippen molar-refractivity contribution in [2.24, 2.45) is 11.3 Å². The summed E-state index contributed by atoms with van der Waals surface area (Å²) in [6.07, 6.45) is 2.02. The number of aliphatic hydroxyl groups excluding tert-OH is 1. The zero-order chi connectivity index (χ0) is 15.3. The van der Waals surface area contributed by atoms with E-state index in [2.05, 4.69) is 11.4 Å². The maximum atomic E-state index is 13.5. The van der Waals surface area contributed by atoms with Gasteiger partial charge in [0.05, 0.1) is 17.6 Å². The number of halogens is 2. The van der Waals surface area contributed by atoms with E-state index in [0.717, 1.165) is 0 Å². The highest BCUT2D eigenvalue weighted by molar-refractivity contribution is 5.01. The maximum Gasteiger partial charge on any atom is 0.252 e. The molecule has 1 aliphatic heterocycles. The van der Waals surface area contributed by atoms with Crippen molar-refractivity contribution in [2.45, 2.75) is 50.6 Å². The van der Waals surface area contributed by atoms with Crippen LogP contribution < -0.4 is 5.32 Å². The molecule has 1 heterocycles. The number of hydrogen-bond donors (Lipinski definition) is 2. The fraction of sp³-hybridized carbons (Fsp3) is 0.933. The fourth-order valence-corrected chi connectivity index (χ4v) is 3.32. The van der Waals surface area contributed by atoms with Crippen LogP contribution in [0.25, 0.3) is 0 Å². The molecule has 120 valence electrons. The van der Waals surface area contributed by atoms with Gasteiger partial charge < -0.3 is 15.2 Å². The van der Waals surface area contributed by atoms with E-state index in [1.165, 1.54) is 0 Å². The molecule has 2 fully saturated rings. The standard InChI is InChI=1S/C15H24F2N2O2/c16-15(17)3-1-2-12(15)9-19-10-13(20)8-14(11-18)4-6-21-7-5-14/h12-13,19-20H,1-10H2. The summed E-state index contributed by atoms with van der Waals surface area (Å²) in [7, 11) is 0. The van der Waals surface area contributed by atoms with E-state index in [-0.39, 0.29) is 19.5 Å². The molecule has 2 N–H and O–H groups in total. The Morgan fingerprint density at radius 1 is 1.33 bits per heavy atom. The van der Waals surface area contributed by atoms with Gasteiger partial charge in [0.1, 0.15) is 0 Å². The quantitative estimate of drug-likeness (QED) is 0.788. The summed E-state index contributed by atoms with van der Waals surface area (Å²) >= 11 is 0. The SMILES string of the molecule is N#CC1(CC(O)CNCC2CCCC2(F)F)CCOCC1. The van der Waals surface area contributed by atoms with Crippen LogP contribution in [0.3, 0.4) is 0 Å². The molecular weight excluding hydrogens is 278 g/mol. The average molecular weight is 302 g/mol. The molecule has 1 aliphatic carbocycles. The van der Waals surface area contributed by atoms with E-state index in [0.29, 0.717) is 45.3 Å². The summed E-state index contributed by atoms with van der Waals surface area (Å²) in [5.74, 6) is -3.20. The molecule has 1 saturated carbocycles. The minimum absolute atomic E-state index is 0.0283. The van der Waals surface area contributed by atoms with Crippen LogP contribution in [0.2, 0.25) is 0 Å². The smallest absolute Gasteiger partial charge is 0.252 e. The van der Waals surface area contributed by atoms with Gasteiger partial charge in [0.2, 0.25) is 0 Å². The van der Waals surface area contributed by atoms with E-state index < -0.39 is 23.4 Å². The summed E-state index contributed by atoms with van der Waals surface area (Å²) < 4.78 is 32.2. The molecule has 2 atom stereocenters. The van der Waals surface area contributed by atoms with Gasteiger partial charge in [-0.25, -0.2) is 8.78 Å². The Bertz CT molecular complexity index is 378. The highest BCUT2D eigenvalue weighted by Gasteiger charge is 2.43. The molecule has 0 aromatic rings. The zero-order valence-electron chi connectivity index (χ0n) is 12.3. The first kappa shape index (κ1) is 16.6. The minimum Gasteiger partial charge on any atom is -0.392 e. The zero-order valence-corrected chi connectivity index (χ0v) is 12.3. The molecular formula is C15H24F2N2O2. The summed E-state index contributed by atoms with van der Waals surface area (Å²) in [5.41, 5.74) is -0.531. The minimum atomic E-state index is -2.58. The van der Waals surface area contributed by atoms with Crippen LogP contribution in [-0.2, 0) is 4.74 Å². The first-order chi connectivity index (χ1) is 9.97. The third-order valence-corrected chi connectivity index (χ3v) is 4.74. The van der Waals surface area contributed by atoms with Gasteiger partial charge in [-0.2, -0.15) is 5.26 Å². The lowest BCUT2D eigenvalue weighted by Gasteiger charge is -2.32. The number of nitrogens with one attached hydrogen (secondary N) is 1. The van der Waals surface area contributed by atoms with E-state index in [4.69, 9.17) is 4.74 Å². The molecule has 1 saturated heterocycles. The van der Waals surface area contributed by atoms with E-state index in [1.54, 1.807) is 0 Å². The van der Waals surface area contributed by atoms with Crippen molar-refractivity contribution >= 4 is 0 Å². The lowest BCUT2D eigenvalue weighted by atomic mass is 9.77. The normalized spacial score (nSPS) is 29.0. The second-order valence-corrected chi connectivity index (χ2v) is 6.37. The number of aliphatic hydroxyl groups is 1. The average Bonchev–Trinajstić information content (AvgIpc) is 2.79. The first-order valence-electron chi connectivity index (χ1n) is 7.73. The summed E-state index contributed by atoms with van der Waals surface area (Å²) in [4.78, 5) is 0. The molecule has 0 bridgehead atoms. The molecule has 0 aromatic carbocycles. The molecule has 0 amide bonds. The highest BCUT2D eigenvalue weighted by atomic mass is 19.3. The van der Waals surface area contributed by atoms with Crippen LogP contribution in [0.15, 0.2) is 0 Å². The number of rotatable bonds is 6. The van der Waals surface area contributed by atoms with Crippen molar-refractivity contribution in [1.82, 2.24) is 5.32 Å². The van der Waals surface area contributed by atoms with E-state index in [9.17, 15) is 19.1 Å². The van der Waals surface area contributed by atoms with Crippen LogP contribution in [-0.4, -0.2) is 43.4 Å². The van der Waals surface area contributed by atoms with Gasteiger partial charge in [-0.15, -0.1) is 0 Å². The van der Waals surface area contributed by atoms with Gasteiger partial charge in [-0.05, 0) is 32.1 Å². The highest BCUT2D eigenvalue weighted by Crippen LogP contribution is 2.40. The second kappa shape index (κ2) is 6.99. The summed E-state index contributed by atoms with van der Waals surface area (Å²) in [5, 5.41) is 22.3. The Labute approximate surface area is 124 Å². The van der Waals surface area contributed by atoms with Crippen molar-refractivity contribution < 1.29 is 18.6 Å². The van der Waals surface area contributed by atoms with Crippen LogP contribution in [0.1, 0.15) is 38.5 Å². The lowest BCUT2D eigenvalue weighted by Crippen LogP contribution is -2.39. The molecule has 2 aliphatic rings. The molecule has 21 heavy (non-hydrogen) atoms. The van der Waals surface area contributed by atoms with E-state index >= 15 is 0 Å². The third kappa shape index (κ3) is 4.35. The number of ether oxygens (including phenoxy) is 1. The molecule has 0 spiro atoms.